The van der Waals surface area contributed by atoms with E-state index in [-0.39, 0.29) is 0 Å². The van der Waals surface area contributed by atoms with E-state index in [0.29, 0.717) is 11.8 Å². The Kier molecular flexibility index (Phi) is 5.85. The number of rotatable bonds is 5. The lowest BCUT2D eigenvalue weighted by Gasteiger charge is -2.23. The van der Waals surface area contributed by atoms with Crippen molar-refractivity contribution < 1.29 is 0 Å². The van der Waals surface area contributed by atoms with Gasteiger partial charge in [0.15, 0.2) is 0 Å². The minimum Gasteiger partial charge on any atom is -0.0639 e. The average molecular weight is 258 g/mol. The fraction of sp³-hybridized carbons (Fsp3) is 0.579. The van der Waals surface area contributed by atoms with E-state index in [1.807, 2.05) is 0 Å². The van der Waals surface area contributed by atoms with Crippen LogP contribution in [-0.2, 0) is 6.42 Å². The summed E-state index contributed by atoms with van der Waals surface area (Å²) in [6.07, 6.45) is 2.27. The maximum Gasteiger partial charge on any atom is -0.0188 e. The third kappa shape index (κ3) is 3.72. The second-order valence-electron chi connectivity index (χ2n) is 6.12. The SMILES string of the molecule is CCC(=C(c1cc(C)ccc1CC)C(C)C)C(C)C. The maximum atomic E-state index is 2.38. The molecular weight excluding hydrogens is 228 g/mol. The molecule has 0 amide bonds. The van der Waals surface area contributed by atoms with Crippen LogP contribution >= 0.6 is 0 Å². The van der Waals surface area contributed by atoms with Crippen molar-refractivity contribution >= 4 is 5.57 Å². The van der Waals surface area contributed by atoms with Gasteiger partial charge in [-0.1, -0.05) is 70.9 Å². The standard InChI is InChI=1S/C19H30/c1-8-16-11-10-15(7)12-18(16)19(14(5)6)17(9-2)13(3)4/h10-14H,8-9H2,1-7H3. The van der Waals surface area contributed by atoms with Crippen molar-refractivity contribution in [3.05, 3.63) is 40.5 Å². The Balaban J connectivity index is 3.55. The van der Waals surface area contributed by atoms with Crippen molar-refractivity contribution in [1.82, 2.24) is 0 Å². The molecule has 0 saturated heterocycles. The van der Waals surface area contributed by atoms with Crippen molar-refractivity contribution in [2.45, 2.75) is 61.3 Å². The van der Waals surface area contributed by atoms with E-state index >= 15 is 0 Å². The van der Waals surface area contributed by atoms with Crippen LogP contribution in [0.2, 0.25) is 0 Å². The van der Waals surface area contributed by atoms with Crippen molar-refractivity contribution in [3.8, 4) is 0 Å². The van der Waals surface area contributed by atoms with E-state index in [1.165, 1.54) is 16.7 Å². The first kappa shape index (κ1) is 16.0. The van der Waals surface area contributed by atoms with Gasteiger partial charge in [0.25, 0.3) is 0 Å². The molecule has 0 N–H and O–H groups in total. The minimum atomic E-state index is 0.587. The van der Waals surface area contributed by atoms with E-state index in [9.17, 15) is 0 Å². The Hall–Kier alpha value is -1.04. The van der Waals surface area contributed by atoms with E-state index in [2.05, 4.69) is 66.7 Å². The van der Waals surface area contributed by atoms with Gasteiger partial charge in [-0.3, -0.25) is 0 Å². The molecule has 1 aromatic rings. The first-order valence-corrected chi connectivity index (χ1v) is 7.75. The van der Waals surface area contributed by atoms with Gasteiger partial charge in [0.05, 0.1) is 0 Å². The largest absolute Gasteiger partial charge is 0.0639 e. The molecule has 0 aliphatic heterocycles. The summed E-state index contributed by atoms with van der Waals surface area (Å²) < 4.78 is 0. The van der Waals surface area contributed by atoms with E-state index < -0.39 is 0 Å². The molecule has 0 heterocycles. The van der Waals surface area contributed by atoms with Crippen LogP contribution in [0, 0.1) is 18.8 Å². The molecule has 0 radical (unpaired) electrons. The Morgan fingerprint density at radius 1 is 1.00 bits per heavy atom. The summed E-state index contributed by atoms with van der Waals surface area (Å²) in [5.41, 5.74) is 7.54. The molecule has 0 unspecified atom stereocenters. The Morgan fingerprint density at radius 3 is 2.05 bits per heavy atom. The van der Waals surface area contributed by atoms with Crippen LogP contribution in [0.15, 0.2) is 23.8 Å². The molecule has 0 fully saturated rings. The fourth-order valence-electron chi connectivity index (χ4n) is 3.01. The summed E-state index contributed by atoms with van der Waals surface area (Å²) in [6, 6.07) is 6.92. The summed E-state index contributed by atoms with van der Waals surface area (Å²) in [5, 5.41) is 0. The molecule has 106 valence electrons. The van der Waals surface area contributed by atoms with Crippen LogP contribution in [-0.4, -0.2) is 0 Å². The lowest BCUT2D eigenvalue weighted by molar-refractivity contribution is 0.712. The minimum absolute atomic E-state index is 0.587. The number of hydrogen-bond donors (Lipinski definition) is 0. The van der Waals surface area contributed by atoms with Crippen LogP contribution in [0.25, 0.3) is 5.57 Å². The number of allylic oxidation sites excluding steroid dienone is 2. The van der Waals surface area contributed by atoms with Crippen LogP contribution < -0.4 is 0 Å². The molecule has 0 nitrogen and oxygen atoms in total. The molecule has 0 bridgehead atoms. The highest BCUT2D eigenvalue weighted by molar-refractivity contribution is 5.73. The Morgan fingerprint density at radius 2 is 1.63 bits per heavy atom. The van der Waals surface area contributed by atoms with Gasteiger partial charge in [-0.05, 0) is 48.3 Å². The molecule has 0 atom stereocenters. The fourth-order valence-corrected chi connectivity index (χ4v) is 3.01. The normalized spacial score (nSPS) is 13.1. The predicted octanol–water partition coefficient (Wildman–Crippen LogP) is 6.03. The van der Waals surface area contributed by atoms with Crippen molar-refractivity contribution in [2.75, 3.05) is 0 Å². The van der Waals surface area contributed by atoms with Gasteiger partial charge in [-0.25, -0.2) is 0 Å². The highest BCUT2D eigenvalue weighted by Gasteiger charge is 2.17. The van der Waals surface area contributed by atoms with Crippen LogP contribution in [0.4, 0.5) is 0 Å². The van der Waals surface area contributed by atoms with Crippen molar-refractivity contribution in [1.29, 1.82) is 0 Å². The molecule has 19 heavy (non-hydrogen) atoms. The third-order valence-electron chi connectivity index (χ3n) is 3.94. The summed E-state index contributed by atoms with van der Waals surface area (Å²) >= 11 is 0. The van der Waals surface area contributed by atoms with Gasteiger partial charge in [-0.15, -0.1) is 0 Å². The van der Waals surface area contributed by atoms with Crippen LogP contribution in [0.1, 0.15) is 64.7 Å². The topological polar surface area (TPSA) is 0 Å². The summed E-state index contributed by atoms with van der Waals surface area (Å²) in [5.74, 6) is 1.22. The number of benzene rings is 1. The summed E-state index contributed by atoms with van der Waals surface area (Å²) in [4.78, 5) is 0. The van der Waals surface area contributed by atoms with Crippen molar-refractivity contribution in [3.63, 3.8) is 0 Å². The molecule has 1 rings (SSSR count). The van der Waals surface area contributed by atoms with Crippen LogP contribution in [0.5, 0.6) is 0 Å². The molecule has 0 saturated carbocycles. The highest BCUT2D eigenvalue weighted by Crippen LogP contribution is 2.34. The van der Waals surface area contributed by atoms with E-state index in [4.69, 9.17) is 0 Å². The average Bonchev–Trinajstić information content (AvgIpc) is 2.34. The van der Waals surface area contributed by atoms with Gasteiger partial charge >= 0.3 is 0 Å². The molecule has 0 spiro atoms. The van der Waals surface area contributed by atoms with Crippen molar-refractivity contribution in [2.24, 2.45) is 11.8 Å². The highest BCUT2D eigenvalue weighted by atomic mass is 14.2. The first-order valence-electron chi connectivity index (χ1n) is 7.75. The molecule has 0 heteroatoms. The molecule has 1 aromatic carbocycles. The number of aryl methyl sites for hydroxylation is 2. The zero-order valence-electron chi connectivity index (χ0n) is 13.8. The molecule has 0 aromatic heterocycles. The third-order valence-corrected chi connectivity index (χ3v) is 3.94. The molecular formula is C19H30. The Labute approximate surface area is 119 Å². The molecule has 0 aliphatic carbocycles. The van der Waals surface area contributed by atoms with Gasteiger partial charge in [0, 0.05) is 0 Å². The second kappa shape index (κ2) is 6.93. The monoisotopic (exact) mass is 258 g/mol. The molecule has 0 aliphatic rings. The van der Waals surface area contributed by atoms with E-state index in [1.54, 1.807) is 11.1 Å². The van der Waals surface area contributed by atoms with Gasteiger partial charge in [-0.2, -0.15) is 0 Å². The smallest absolute Gasteiger partial charge is 0.0188 e. The van der Waals surface area contributed by atoms with Gasteiger partial charge in [0.2, 0.25) is 0 Å². The van der Waals surface area contributed by atoms with Gasteiger partial charge < -0.3 is 0 Å². The maximum absolute atomic E-state index is 2.38. The summed E-state index contributed by atoms with van der Waals surface area (Å²) in [6.45, 7) is 16.0. The lowest BCUT2D eigenvalue weighted by atomic mass is 9.82. The van der Waals surface area contributed by atoms with E-state index in [0.717, 1.165) is 12.8 Å². The quantitative estimate of drug-likeness (QED) is 0.604. The van der Waals surface area contributed by atoms with Gasteiger partial charge in [0.1, 0.15) is 0 Å². The number of hydrogen-bond acceptors (Lipinski definition) is 0. The lowest BCUT2D eigenvalue weighted by Crippen LogP contribution is -2.06. The second-order valence-corrected chi connectivity index (χ2v) is 6.12. The predicted molar refractivity (Wildman–Crippen MR) is 87.4 cm³/mol. The zero-order chi connectivity index (χ0) is 14.6. The first-order chi connectivity index (χ1) is 8.92. The summed E-state index contributed by atoms with van der Waals surface area (Å²) in [7, 11) is 0. The zero-order valence-corrected chi connectivity index (χ0v) is 13.8. The Bertz CT molecular complexity index is 447. The van der Waals surface area contributed by atoms with Crippen LogP contribution in [0.3, 0.4) is 0 Å².